The summed E-state index contributed by atoms with van der Waals surface area (Å²) in [7, 11) is -4.86. The lowest BCUT2D eigenvalue weighted by Gasteiger charge is -2.43. The van der Waals surface area contributed by atoms with Gasteiger partial charge in [0.25, 0.3) is 0 Å². The third-order valence-corrected chi connectivity index (χ3v) is 5.42. The van der Waals surface area contributed by atoms with Gasteiger partial charge < -0.3 is 14.5 Å². The van der Waals surface area contributed by atoms with Gasteiger partial charge in [-0.3, -0.25) is 4.57 Å². The monoisotopic (exact) mass is 656 g/mol. The van der Waals surface area contributed by atoms with Crippen LogP contribution in [0.15, 0.2) is 24.3 Å². The highest BCUT2D eigenvalue weighted by Gasteiger charge is 2.97. The lowest BCUT2D eigenvalue weighted by molar-refractivity contribution is -0.476. The van der Waals surface area contributed by atoms with Gasteiger partial charge in [0.1, 0.15) is 5.75 Å². The Labute approximate surface area is 206 Å². The summed E-state index contributed by atoms with van der Waals surface area (Å²) < 4.78 is 266. The molecule has 1 rings (SSSR count). The maximum atomic E-state index is 13.8. The van der Waals surface area contributed by atoms with E-state index in [1.165, 1.54) is 0 Å². The van der Waals surface area contributed by atoms with Crippen molar-refractivity contribution < 1.29 is 103 Å². The second-order valence-corrected chi connectivity index (χ2v) is 9.25. The summed E-state index contributed by atoms with van der Waals surface area (Å²) in [6.07, 6.45) is -16.3. The Hall–Kier alpha value is -2.16. The molecule has 0 aromatic heterocycles. The fraction of sp³-hybridized carbons (Fsp3) is 0.625. The minimum absolute atomic E-state index is 0.0216. The fourth-order valence-electron chi connectivity index (χ4n) is 2.46. The number of ether oxygens (including phenoxy) is 1. The molecule has 0 aliphatic carbocycles. The van der Waals surface area contributed by atoms with Crippen LogP contribution < -0.4 is 4.74 Å². The van der Waals surface area contributed by atoms with E-state index in [4.69, 9.17) is 9.79 Å². The lowest BCUT2D eigenvalue weighted by atomic mass is 9.88. The summed E-state index contributed by atoms with van der Waals surface area (Å²) in [5.74, 6) is -62.8. The molecule has 0 aliphatic heterocycles. The highest BCUT2D eigenvalue weighted by Crippen LogP contribution is 2.65. The highest BCUT2D eigenvalue weighted by molar-refractivity contribution is 7.50. The van der Waals surface area contributed by atoms with Crippen molar-refractivity contribution in [1.29, 1.82) is 0 Å². The SMILES string of the molecule is O=P(O)(O)Cc1ccc(OC(F)(F)C(F)(F)C(F)(F)C(F)(F)C(F)(F)C(F)(F)C(F)(F)C(F)(F)C(F)(F)F)cc1. The molecule has 0 saturated heterocycles. The molecule has 2 N–H and O–H groups in total. The van der Waals surface area contributed by atoms with Crippen LogP contribution in [0.5, 0.6) is 5.75 Å². The maximum Gasteiger partial charge on any atom is 0.471 e. The Balaban J connectivity index is 3.57. The predicted molar refractivity (Wildman–Crippen MR) is 88.4 cm³/mol. The molecular weight excluding hydrogens is 648 g/mol. The third kappa shape index (κ3) is 5.39. The van der Waals surface area contributed by atoms with Crippen molar-refractivity contribution in [2.75, 3.05) is 0 Å². The van der Waals surface area contributed by atoms with Gasteiger partial charge >= 0.3 is 61.3 Å². The molecule has 0 spiro atoms. The molecule has 0 saturated carbocycles. The van der Waals surface area contributed by atoms with Gasteiger partial charge in [-0.1, -0.05) is 12.1 Å². The predicted octanol–water partition coefficient (Wildman–Crippen LogP) is 7.35. The summed E-state index contributed by atoms with van der Waals surface area (Å²) in [6.45, 7) is 0. The number of benzene rings is 1. The first-order valence-electron chi connectivity index (χ1n) is 9.07. The molecule has 24 heteroatoms. The normalized spacial score (nSPS) is 15.8. The van der Waals surface area contributed by atoms with E-state index in [2.05, 4.69) is 4.74 Å². The van der Waals surface area contributed by atoms with Crippen molar-refractivity contribution in [3.63, 3.8) is 0 Å². The van der Waals surface area contributed by atoms with Crippen LogP contribution in [0.3, 0.4) is 0 Å². The first-order valence-corrected chi connectivity index (χ1v) is 10.9. The van der Waals surface area contributed by atoms with E-state index >= 15 is 0 Å². The zero-order valence-corrected chi connectivity index (χ0v) is 18.8. The van der Waals surface area contributed by atoms with Crippen LogP contribution in [0.25, 0.3) is 0 Å². The minimum atomic E-state index is -9.04. The summed E-state index contributed by atoms with van der Waals surface area (Å²) in [5.41, 5.74) is -0.494. The average molecular weight is 656 g/mol. The molecule has 4 nitrogen and oxygen atoms in total. The van der Waals surface area contributed by atoms with Gasteiger partial charge in [0.2, 0.25) is 0 Å². The number of alkyl halides is 19. The molecule has 1 aromatic rings. The molecule has 234 valence electrons. The van der Waals surface area contributed by atoms with Gasteiger partial charge in [0.05, 0.1) is 6.16 Å². The molecule has 0 unspecified atom stereocenters. The van der Waals surface area contributed by atoms with Crippen LogP contribution >= 0.6 is 7.60 Å². The van der Waals surface area contributed by atoms with E-state index in [0.717, 1.165) is 0 Å². The van der Waals surface area contributed by atoms with Gasteiger partial charge in [-0.05, 0) is 17.7 Å². The summed E-state index contributed by atoms with van der Waals surface area (Å²) in [4.78, 5) is 17.4. The van der Waals surface area contributed by atoms with Crippen molar-refractivity contribution in [3.05, 3.63) is 29.8 Å². The van der Waals surface area contributed by atoms with E-state index in [9.17, 15) is 88.0 Å². The number of hydrogen-bond acceptors (Lipinski definition) is 2. The molecule has 0 amide bonds. The van der Waals surface area contributed by atoms with E-state index in [-0.39, 0.29) is 12.1 Å². The maximum absolute atomic E-state index is 13.8. The van der Waals surface area contributed by atoms with Gasteiger partial charge in [-0.15, -0.1) is 0 Å². The van der Waals surface area contributed by atoms with Crippen LogP contribution in [0.1, 0.15) is 5.56 Å². The van der Waals surface area contributed by atoms with E-state index < -0.39 is 78.8 Å². The average Bonchev–Trinajstić information content (AvgIpc) is 2.72. The van der Waals surface area contributed by atoms with E-state index in [1.54, 1.807) is 0 Å². The molecule has 1 aromatic carbocycles. The van der Waals surface area contributed by atoms with Crippen molar-refractivity contribution in [1.82, 2.24) is 0 Å². The van der Waals surface area contributed by atoms with Gasteiger partial charge in [0, 0.05) is 0 Å². The molecule has 40 heavy (non-hydrogen) atoms. The summed E-state index contributed by atoms with van der Waals surface area (Å²) >= 11 is 0. The standard InChI is InChI=1S/C16H8F19O4P/c17-8(18,9(19,20)11(23,24)13(27,28)15(31,32)33)10(21,22)12(25,26)14(29,30)16(34,35)39-7-3-1-6(2-4-7)5-40(36,37)38/h1-4H,5H2,(H2,36,37,38). The Morgan fingerprint density at radius 1 is 0.525 bits per heavy atom. The molecule has 0 bridgehead atoms. The largest absolute Gasteiger partial charge is 0.471 e. The van der Waals surface area contributed by atoms with Gasteiger partial charge in [-0.25, -0.2) is 0 Å². The van der Waals surface area contributed by atoms with Crippen molar-refractivity contribution in [3.8, 4) is 5.75 Å². The number of rotatable bonds is 11. The third-order valence-electron chi connectivity index (χ3n) is 4.65. The fourth-order valence-corrected chi connectivity index (χ4v) is 3.15. The zero-order chi connectivity index (χ0) is 32.4. The minimum Gasteiger partial charge on any atom is -0.428 e. The molecule has 0 aliphatic rings. The zero-order valence-electron chi connectivity index (χ0n) is 17.9. The van der Waals surface area contributed by atoms with E-state index in [1.807, 2.05) is 0 Å². The summed E-state index contributed by atoms with van der Waals surface area (Å²) in [6, 6.07) is 0.779. The number of hydrogen-bond donors (Lipinski definition) is 2. The van der Waals surface area contributed by atoms with Crippen LogP contribution in [0.2, 0.25) is 0 Å². The molecule has 0 fully saturated rings. The summed E-state index contributed by atoms with van der Waals surface area (Å²) in [5, 5.41) is 0. The van der Waals surface area contributed by atoms with Crippen LogP contribution in [-0.2, 0) is 10.7 Å². The Bertz CT molecular complexity index is 1110. The Morgan fingerprint density at radius 3 is 1.12 bits per heavy atom. The Morgan fingerprint density at radius 2 is 0.825 bits per heavy atom. The van der Waals surface area contributed by atoms with Gasteiger partial charge in [-0.2, -0.15) is 83.4 Å². The van der Waals surface area contributed by atoms with Gasteiger partial charge in [0.15, 0.2) is 0 Å². The highest BCUT2D eigenvalue weighted by atomic mass is 31.2. The molecule has 0 heterocycles. The molecule has 0 atom stereocenters. The lowest BCUT2D eigenvalue weighted by Crippen LogP contribution is -2.76. The van der Waals surface area contributed by atoms with Crippen molar-refractivity contribution >= 4 is 7.60 Å². The second kappa shape index (κ2) is 9.70. The quantitative estimate of drug-likeness (QED) is 0.193. The second-order valence-electron chi connectivity index (χ2n) is 7.60. The Kier molecular flexibility index (Phi) is 8.70. The smallest absolute Gasteiger partial charge is 0.428 e. The van der Waals surface area contributed by atoms with E-state index in [0.29, 0.717) is 12.1 Å². The topological polar surface area (TPSA) is 66.8 Å². The van der Waals surface area contributed by atoms with Crippen molar-refractivity contribution in [2.24, 2.45) is 0 Å². The molecular formula is C16H8F19O4P. The molecule has 0 radical (unpaired) electrons. The first-order chi connectivity index (χ1) is 17.2. The van der Waals surface area contributed by atoms with Crippen LogP contribution in [0.4, 0.5) is 83.4 Å². The van der Waals surface area contributed by atoms with Crippen LogP contribution in [-0.4, -0.2) is 63.5 Å². The van der Waals surface area contributed by atoms with Crippen LogP contribution in [0, 0.1) is 0 Å². The van der Waals surface area contributed by atoms with Crippen molar-refractivity contribution in [2.45, 2.75) is 59.9 Å². The first kappa shape index (κ1) is 35.9. The number of halogens is 19.